The molecule has 0 bridgehead atoms. The maximum atomic E-state index is 11.8. The van der Waals surface area contributed by atoms with E-state index in [1.54, 1.807) is 0 Å². The van der Waals surface area contributed by atoms with E-state index in [2.05, 4.69) is 10.6 Å². The van der Waals surface area contributed by atoms with Crippen LogP contribution >= 0.6 is 0 Å². The largest absolute Gasteiger partial charge is 0.379 e. The molecule has 0 saturated carbocycles. The summed E-state index contributed by atoms with van der Waals surface area (Å²) < 4.78 is 11.0. The van der Waals surface area contributed by atoms with Gasteiger partial charge in [0.25, 0.3) is 0 Å². The molecule has 2 aliphatic rings. The van der Waals surface area contributed by atoms with E-state index >= 15 is 0 Å². The standard InChI is InChI=1S/C14H26N2O3/c17-14(13-6-1-2-7-15-13)16-8-4-9-18-11-12-5-3-10-19-12/h12-13,15H,1-11H2,(H,16,17)/t12?,13-/m0/s1. The second-order valence-electron chi connectivity index (χ2n) is 5.36. The van der Waals surface area contributed by atoms with E-state index in [-0.39, 0.29) is 11.9 Å². The highest BCUT2D eigenvalue weighted by atomic mass is 16.5. The van der Waals surface area contributed by atoms with Crippen molar-refractivity contribution in [3.05, 3.63) is 0 Å². The summed E-state index contributed by atoms with van der Waals surface area (Å²) in [6.07, 6.45) is 6.71. The van der Waals surface area contributed by atoms with Gasteiger partial charge in [-0.3, -0.25) is 4.79 Å². The fourth-order valence-corrected chi connectivity index (χ4v) is 2.58. The van der Waals surface area contributed by atoms with Crippen molar-refractivity contribution < 1.29 is 14.3 Å². The predicted octanol–water partition coefficient (Wildman–Crippen LogP) is 0.830. The first-order chi connectivity index (χ1) is 9.36. The van der Waals surface area contributed by atoms with E-state index < -0.39 is 0 Å². The molecular formula is C14H26N2O3. The number of rotatable bonds is 7. The van der Waals surface area contributed by atoms with Crippen molar-refractivity contribution in [1.29, 1.82) is 0 Å². The van der Waals surface area contributed by atoms with Gasteiger partial charge >= 0.3 is 0 Å². The van der Waals surface area contributed by atoms with Crippen LogP contribution in [-0.2, 0) is 14.3 Å². The van der Waals surface area contributed by atoms with Crippen molar-refractivity contribution in [2.24, 2.45) is 0 Å². The highest BCUT2D eigenvalue weighted by Gasteiger charge is 2.19. The van der Waals surface area contributed by atoms with Crippen molar-refractivity contribution in [2.45, 2.75) is 50.7 Å². The van der Waals surface area contributed by atoms with Crippen LogP contribution < -0.4 is 10.6 Å². The molecule has 0 aromatic carbocycles. The normalized spacial score (nSPS) is 27.4. The Morgan fingerprint density at radius 3 is 3.00 bits per heavy atom. The van der Waals surface area contributed by atoms with Gasteiger partial charge in [0.15, 0.2) is 0 Å². The first kappa shape index (κ1) is 14.8. The van der Waals surface area contributed by atoms with E-state index in [0.29, 0.717) is 25.9 Å². The minimum absolute atomic E-state index is 0.0153. The average molecular weight is 270 g/mol. The maximum Gasteiger partial charge on any atom is 0.237 e. The van der Waals surface area contributed by atoms with Gasteiger partial charge in [-0.15, -0.1) is 0 Å². The number of nitrogens with one attached hydrogen (secondary N) is 2. The number of carbonyl (C=O) groups excluding carboxylic acids is 1. The second kappa shape index (κ2) is 8.51. The van der Waals surface area contributed by atoms with Gasteiger partial charge in [-0.2, -0.15) is 0 Å². The van der Waals surface area contributed by atoms with E-state index in [9.17, 15) is 4.79 Å². The third-order valence-electron chi connectivity index (χ3n) is 3.72. The molecule has 2 rings (SSSR count). The monoisotopic (exact) mass is 270 g/mol. The van der Waals surface area contributed by atoms with Crippen molar-refractivity contribution in [3.63, 3.8) is 0 Å². The highest BCUT2D eigenvalue weighted by molar-refractivity contribution is 5.81. The van der Waals surface area contributed by atoms with Crippen molar-refractivity contribution in [3.8, 4) is 0 Å². The molecule has 0 aromatic rings. The first-order valence-electron chi connectivity index (χ1n) is 7.57. The molecule has 0 spiro atoms. The Morgan fingerprint density at radius 2 is 2.26 bits per heavy atom. The zero-order chi connectivity index (χ0) is 13.3. The lowest BCUT2D eigenvalue weighted by atomic mass is 10.0. The Balaban J connectivity index is 1.43. The number of ether oxygens (including phenoxy) is 2. The summed E-state index contributed by atoms with van der Waals surface area (Å²) in [6, 6.07) is 0.0153. The first-order valence-corrected chi connectivity index (χ1v) is 7.57. The molecule has 5 nitrogen and oxygen atoms in total. The molecule has 1 amide bonds. The van der Waals surface area contributed by atoms with Crippen molar-refractivity contribution >= 4 is 5.91 Å². The lowest BCUT2D eigenvalue weighted by Crippen LogP contribution is -2.46. The predicted molar refractivity (Wildman–Crippen MR) is 73.1 cm³/mol. The zero-order valence-corrected chi connectivity index (χ0v) is 11.7. The lowest BCUT2D eigenvalue weighted by Gasteiger charge is -2.22. The summed E-state index contributed by atoms with van der Waals surface area (Å²) in [4.78, 5) is 11.8. The molecule has 1 unspecified atom stereocenters. The molecule has 0 aromatic heterocycles. The molecule has 2 atom stereocenters. The third kappa shape index (κ3) is 5.47. The minimum atomic E-state index is 0.0153. The average Bonchev–Trinajstić information content (AvgIpc) is 2.96. The van der Waals surface area contributed by atoms with Crippen LogP contribution in [0.15, 0.2) is 0 Å². The van der Waals surface area contributed by atoms with Crippen molar-refractivity contribution in [1.82, 2.24) is 10.6 Å². The summed E-state index contributed by atoms with van der Waals surface area (Å²) in [5.41, 5.74) is 0. The molecule has 0 radical (unpaired) electrons. The maximum absolute atomic E-state index is 11.8. The number of carbonyl (C=O) groups is 1. The Morgan fingerprint density at radius 1 is 1.32 bits per heavy atom. The van der Waals surface area contributed by atoms with Crippen LogP contribution in [0.1, 0.15) is 38.5 Å². The Hall–Kier alpha value is -0.650. The zero-order valence-electron chi connectivity index (χ0n) is 11.7. The molecule has 110 valence electrons. The summed E-state index contributed by atoms with van der Waals surface area (Å²) in [5.74, 6) is 0.138. The van der Waals surface area contributed by atoms with Gasteiger partial charge in [-0.1, -0.05) is 6.42 Å². The fraction of sp³-hybridized carbons (Fsp3) is 0.929. The molecule has 2 heterocycles. The number of piperidine rings is 1. The van der Waals surface area contributed by atoms with Crippen molar-refractivity contribution in [2.75, 3.05) is 32.9 Å². The SMILES string of the molecule is O=C(NCCCOCC1CCCO1)[C@@H]1CCCCN1. The van der Waals surface area contributed by atoms with Crippen LogP contribution in [0.2, 0.25) is 0 Å². The number of hydrogen-bond acceptors (Lipinski definition) is 4. The summed E-state index contributed by atoms with van der Waals surface area (Å²) >= 11 is 0. The van der Waals surface area contributed by atoms with Gasteiger partial charge in [0.2, 0.25) is 5.91 Å². The lowest BCUT2D eigenvalue weighted by molar-refractivity contribution is -0.123. The molecule has 5 heteroatoms. The molecule has 19 heavy (non-hydrogen) atoms. The summed E-state index contributed by atoms with van der Waals surface area (Å²) in [6.45, 7) is 3.92. The van der Waals surface area contributed by atoms with Crippen LogP contribution in [0.3, 0.4) is 0 Å². The molecule has 2 N–H and O–H groups in total. The van der Waals surface area contributed by atoms with Crippen LogP contribution in [0.5, 0.6) is 0 Å². The summed E-state index contributed by atoms with van der Waals surface area (Å²) in [5, 5.41) is 6.22. The molecule has 2 fully saturated rings. The number of hydrogen-bond donors (Lipinski definition) is 2. The van der Waals surface area contributed by atoms with E-state index in [0.717, 1.165) is 45.3 Å². The molecule has 2 saturated heterocycles. The van der Waals surface area contributed by atoms with E-state index in [4.69, 9.17) is 9.47 Å². The van der Waals surface area contributed by atoms with Crippen LogP contribution in [-0.4, -0.2) is 51.0 Å². The Kier molecular flexibility index (Phi) is 6.61. The summed E-state index contributed by atoms with van der Waals surface area (Å²) in [7, 11) is 0. The minimum Gasteiger partial charge on any atom is -0.379 e. The topological polar surface area (TPSA) is 59.6 Å². The van der Waals surface area contributed by atoms with Crippen LogP contribution in [0.4, 0.5) is 0 Å². The van der Waals surface area contributed by atoms with Crippen LogP contribution in [0.25, 0.3) is 0 Å². The van der Waals surface area contributed by atoms with Gasteiger partial charge in [-0.05, 0) is 38.6 Å². The second-order valence-corrected chi connectivity index (χ2v) is 5.36. The molecular weight excluding hydrogens is 244 g/mol. The van der Waals surface area contributed by atoms with Gasteiger partial charge in [0, 0.05) is 19.8 Å². The van der Waals surface area contributed by atoms with Crippen LogP contribution in [0, 0.1) is 0 Å². The molecule has 2 aliphatic heterocycles. The Bertz CT molecular complexity index is 261. The molecule has 0 aliphatic carbocycles. The van der Waals surface area contributed by atoms with Gasteiger partial charge in [0.05, 0.1) is 18.8 Å². The van der Waals surface area contributed by atoms with Gasteiger partial charge in [-0.25, -0.2) is 0 Å². The Labute approximate surface area is 115 Å². The number of amides is 1. The third-order valence-corrected chi connectivity index (χ3v) is 3.72. The fourth-order valence-electron chi connectivity index (χ4n) is 2.58. The van der Waals surface area contributed by atoms with Gasteiger partial charge < -0.3 is 20.1 Å². The quantitative estimate of drug-likeness (QED) is 0.673. The smallest absolute Gasteiger partial charge is 0.237 e. The van der Waals surface area contributed by atoms with Gasteiger partial charge in [0.1, 0.15) is 0 Å². The van der Waals surface area contributed by atoms with E-state index in [1.807, 2.05) is 0 Å². The highest BCUT2D eigenvalue weighted by Crippen LogP contribution is 2.11. The van der Waals surface area contributed by atoms with E-state index in [1.165, 1.54) is 6.42 Å².